The molecule has 1 unspecified atom stereocenters. The van der Waals surface area contributed by atoms with Crippen molar-refractivity contribution in [1.29, 1.82) is 0 Å². The molecule has 0 amide bonds. The van der Waals surface area contributed by atoms with Crippen molar-refractivity contribution in [3.8, 4) is 0 Å². The molecule has 3 rings (SSSR count). The maximum atomic E-state index is 13.2. The number of nitrogens with two attached hydrogens (primary N) is 1. The average molecular weight is 287 g/mol. The van der Waals surface area contributed by atoms with Gasteiger partial charge in [0.1, 0.15) is 5.82 Å². The molecule has 0 aliphatic rings. The molecule has 1 heterocycles. The van der Waals surface area contributed by atoms with Gasteiger partial charge >= 0.3 is 0 Å². The van der Waals surface area contributed by atoms with Gasteiger partial charge < -0.3 is 5.73 Å². The topological polar surface area (TPSA) is 38.9 Å². The van der Waals surface area contributed by atoms with Gasteiger partial charge in [0.25, 0.3) is 0 Å². The molecule has 0 bridgehead atoms. The van der Waals surface area contributed by atoms with Crippen molar-refractivity contribution in [3.05, 3.63) is 76.8 Å². The number of halogens is 2. The zero-order valence-corrected chi connectivity index (χ0v) is 11.3. The van der Waals surface area contributed by atoms with Crippen LogP contribution in [0.25, 0.3) is 10.8 Å². The van der Waals surface area contributed by atoms with Gasteiger partial charge in [0.05, 0.1) is 11.1 Å². The molecule has 100 valence electrons. The summed E-state index contributed by atoms with van der Waals surface area (Å²) in [4.78, 5) is 4.21. The lowest BCUT2D eigenvalue weighted by atomic mass is 9.96. The van der Waals surface area contributed by atoms with Crippen LogP contribution in [0.1, 0.15) is 17.2 Å². The molecule has 0 aliphatic heterocycles. The number of hydrogen-bond donors (Lipinski definition) is 1. The quantitative estimate of drug-likeness (QED) is 0.771. The maximum Gasteiger partial charge on any atom is 0.141 e. The largest absolute Gasteiger partial charge is 0.320 e. The standard InChI is InChI=1S/C16H12ClFN2/c17-14-7-10(5-6-15(14)18)16(19)13-9-20-8-11-3-1-2-4-12(11)13/h1-9,16H,19H2. The highest BCUT2D eigenvalue weighted by Gasteiger charge is 2.14. The summed E-state index contributed by atoms with van der Waals surface area (Å²) in [5.41, 5.74) is 7.93. The summed E-state index contributed by atoms with van der Waals surface area (Å²) in [6.45, 7) is 0. The second-order valence-corrected chi connectivity index (χ2v) is 5.01. The van der Waals surface area contributed by atoms with Crippen molar-refractivity contribution >= 4 is 22.4 Å². The van der Waals surface area contributed by atoms with Gasteiger partial charge in [-0.05, 0) is 28.6 Å². The molecule has 1 aromatic heterocycles. The lowest BCUT2D eigenvalue weighted by Crippen LogP contribution is -2.12. The van der Waals surface area contributed by atoms with E-state index in [1.807, 2.05) is 24.3 Å². The predicted molar refractivity (Wildman–Crippen MR) is 79.2 cm³/mol. The van der Waals surface area contributed by atoms with Gasteiger partial charge in [-0.2, -0.15) is 0 Å². The third kappa shape index (κ3) is 2.26. The number of aromatic nitrogens is 1. The monoisotopic (exact) mass is 286 g/mol. The number of hydrogen-bond acceptors (Lipinski definition) is 2. The number of rotatable bonds is 2. The summed E-state index contributed by atoms with van der Waals surface area (Å²) < 4.78 is 13.2. The lowest BCUT2D eigenvalue weighted by Gasteiger charge is -2.15. The number of pyridine rings is 1. The Morgan fingerprint density at radius 1 is 1.10 bits per heavy atom. The molecule has 4 heteroatoms. The van der Waals surface area contributed by atoms with E-state index in [0.29, 0.717) is 0 Å². The van der Waals surface area contributed by atoms with Crippen LogP contribution >= 0.6 is 11.6 Å². The first-order valence-electron chi connectivity index (χ1n) is 6.20. The Bertz CT molecular complexity index is 768. The van der Waals surface area contributed by atoms with Crippen LogP contribution in [0.2, 0.25) is 5.02 Å². The Labute approximate surface area is 121 Å². The van der Waals surface area contributed by atoms with E-state index in [4.69, 9.17) is 17.3 Å². The fourth-order valence-electron chi connectivity index (χ4n) is 2.27. The van der Waals surface area contributed by atoms with Crippen molar-refractivity contribution in [2.24, 2.45) is 5.73 Å². The van der Waals surface area contributed by atoms with Crippen LogP contribution in [0, 0.1) is 5.82 Å². The highest BCUT2D eigenvalue weighted by Crippen LogP contribution is 2.28. The SMILES string of the molecule is NC(c1ccc(F)c(Cl)c1)c1cncc2ccccc12. The predicted octanol–water partition coefficient (Wildman–Crippen LogP) is 4.08. The fraction of sp³-hybridized carbons (Fsp3) is 0.0625. The van der Waals surface area contributed by atoms with Crippen LogP contribution in [0.3, 0.4) is 0 Å². The second kappa shape index (κ2) is 5.19. The Morgan fingerprint density at radius 2 is 1.90 bits per heavy atom. The molecule has 2 aromatic carbocycles. The Balaban J connectivity index is 2.12. The Morgan fingerprint density at radius 3 is 2.70 bits per heavy atom. The Kier molecular flexibility index (Phi) is 3.38. The minimum Gasteiger partial charge on any atom is -0.320 e. The highest BCUT2D eigenvalue weighted by atomic mass is 35.5. The zero-order chi connectivity index (χ0) is 14.1. The summed E-state index contributed by atoms with van der Waals surface area (Å²) >= 11 is 5.82. The molecule has 20 heavy (non-hydrogen) atoms. The molecule has 0 saturated carbocycles. The van der Waals surface area contributed by atoms with Gasteiger partial charge in [0.2, 0.25) is 0 Å². The molecule has 0 aliphatic carbocycles. The van der Waals surface area contributed by atoms with Crippen molar-refractivity contribution in [2.45, 2.75) is 6.04 Å². The number of fused-ring (bicyclic) bond motifs is 1. The minimum atomic E-state index is -0.446. The summed E-state index contributed by atoms with van der Waals surface area (Å²) in [6.07, 6.45) is 3.54. The van der Waals surface area contributed by atoms with Crippen molar-refractivity contribution in [1.82, 2.24) is 4.98 Å². The molecular weight excluding hydrogens is 275 g/mol. The van der Waals surface area contributed by atoms with Crippen LogP contribution < -0.4 is 5.73 Å². The average Bonchev–Trinajstić information content (AvgIpc) is 2.49. The highest BCUT2D eigenvalue weighted by molar-refractivity contribution is 6.30. The maximum absolute atomic E-state index is 13.2. The molecule has 0 saturated heterocycles. The van der Waals surface area contributed by atoms with E-state index in [9.17, 15) is 4.39 Å². The number of benzene rings is 2. The van der Waals surface area contributed by atoms with Crippen LogP contribution in [-0.2, 0) is 0 Å². The molecule has 3 aromatic rings. The van der Waals surface area contributed by atoms with E-state index in [1.165, 1.54) is 6.07 Å². The normalized spacial score (nSPS) is 12.6. The smallest absolute Gasteiger partial charge is 0.141 e. The second-order valence-electron chi connectivity index (χ2n) is 4.60. The zero-order valence-electron chi connectivity index (χ0n) is 10.6. The molecule has 0 fully saturated rings. The summed E-state index contributed by atoms with van der Waals surface area (Å²) in [5.74, 6) is -0.446. The molecule has 2 nitrogen and oxygen atoms in total. The van der Waals surface area contributed by atoms with E-state index in [0.717, 1.165) is 21.9 Å². The van der Waals surface area contributed by atoms with Gasteiger partial charge in [-0.15, -0.1) is 0 Å². The van der Waals surface area contributed by atoms with Crippen LogP contribution in [-0.4, -0.2) is 4.98 Å². The van der Waals surface area contributed by atoms with Crippen LogP contribution in [0.15, 0.2) is 54.9 Å². The van der Waals surface area contributed by atoms with E-state index in [1.54, 1.807) is 24.5 Å². The first-order valence-corrected chi connectivity index (χ1v) is 6.58. The third-order valence-electron chi connectivity index (χ3n) is 3.34. The van der Waals surface area contributed by atoms with Crippen molar-refractivity contribution in [2.75, 3.05) is 0 Å². The van der Waals surface area contributed by atoms with Gasteiger partial charge in [0, 0.05) is 17.8 Å². The van der Waals surface area contributed by atoms with Crippen molar-refractivity contribution < 1.29 is 4.39 Å². The van der Waals surface area contributed by atoms with Gasteiger partial charge in [-0.1, -0.05) is 41.9 Å². The Hall–Kier alpha value is -1.97. The first kappa shape index (κ1) is 13.0. The van der Waals surface area contributed by atoms with E-state index in [2.05, 4.69) is 4.98 Å². The summed E-state index contributed by atoms with van der Waals surface area (Å²) in [5, 5.41) is 2.13. The van der Waals surface area contributed by atoms with Crippen LogP contribution in [0.4, 0.5) is 4.39 Å². The van der Waals surface area contributed by atoms with E-state index in [-0.39, 0.29) is 5.02 Å². The van der Waals surface area contributed by atoms with Gasteiger partial charge in [0.15, 0.2) is 0 Å². The van der Waals surface area contributed by atoms with Gasteiger partial charge in [-0.25, -0.2) is 4.39 Å². The first-order chi connectivity index (χ1) is 9.66. The molecule has 0 radical (unpaired) electrons. The minimum absolute atomic E-state index is 0.0751. The summed E-state index contributed by atoms with van der Waals surface area (Å²) in [7, 11) is 0. The lowest BCUT2D eigenvalue weighted by molar-refractivity contribution is 0.627. The van der Waals surface area contributed by atoms with E-state index >= 15 is 0 Å². The molecule has 0 spiro atoms. The molecule has 1 atom stereocenters. The molecule has 2 N–H and O–H groups in total. The van der Waals surface area contributed by atoms with Crippen LogP contribution in [0.5, 0.6) is 0 Å². The van der Waals surface area contributed by atoms with E-state index < -0.39 is 11.9 Å². The van der Waals surface area contributed by atoms with Gasteiger partial charge in [-0.3, -0.25) is 4.98 Å². The van der Waals surface area contributed by atoms with Crippen molar-refractivity contribution in [3.63, 3.8) is 0 Å². The summed E-state index contributed by atoms with van der Waals surface area (Å²) in [6, 6.07) is 12.0. The third-order valence-corrected chi connectivity index (χ3v) is 3.63. The molecular formula is C16H12ClFN2. The fourth-order valence-corrected chi connectivity index (χ4v) is 2.46. The number of nitrogens with zero attached hydrogens (tertiary/aromatic N) is 1.